The molecule has 0 atom stereocenters. The second-order valence-electron chi connectivity index (χ2n) is 4.80. The van der Waals surface area contributed by atoms with Gasteiger partial charge in [-0.2, -0.15) is 5.10 Å². The van der Waals surface area contributed by atoms with Crippen LogP contribution in [0.3, 0.4) is 0 Å². The minimum Gasteiger partial charge on any atom is -0.343 e. The summed E-state index contributed by atoms with van der Waals surface area (Å²) in [4.78, 5) is 33.8. The maximum Gasteiger partial charge on any atom is 0.278 e. The van der Waals surface area contributed by atoms with Crippen molar-refractivity contribution in [3.63, 3.8) is 0 Å². The first kappa shape index (κ1) is 18.1. The maximum absolute atomic E-state index is 11.8. The Morgan fingerprint density at radius 1 is 1.16 bits per heavy atom. The molecular weight excluding hydrogens is 348 g/mol. The molecular formula is C16H13ClN4O4. The molecule has 9 heteroatoms. The van der Waals surface area contributed by atoms with Crippen LogP contribution in [0, 0.1) is 10.1 Å². The Kier molecular flexibility index (Phi) is 6.19. The summed E-state index contributed by atoms with van der Waals surface area (Å²) in [5.41, 5.74) is 2.67. The average molecular weight is 361 g/mol. The van der Waals surface area contributed by atoms with Crippen molar-refractivity contribution in [1.29, 1.82) is 0 Å². The van der Waals surface area contributed by atoms with Gasteiger partial charge >= 0.3 is 0 Å². The molecule has 2 N–H and O–H groups in total. The number of carbonyl (C=O) groups is 2. The largest absolute Gasteiger partial charge is 0.343 e. The van der Waals surface area contributed by atoms with E-state index < -0.39 is 16.7 Å². The zero-order valence-electron chi connectivity index (χ0n) is 12.8. The number of hydrazone groups is 1. The minimum atomic E-state index is -0.572. The summed E-state index contributed by atoms with van der Waals surface area (Å²) in [6, 6.07) is 12.2. The van der Waals surface area contributed by atoms with Gasteiger partial charge in [0, 0.05) is 16.7 Å². The molecule has 0 aliphatic rings. The van der Waals surface area contributed by atoms with Crippen LogP contribution in [0.25, 0.3) is 0 Å². The number of nitrogens with zero attached hydrogens (tertiary/aromatic N) is 2. The van der Waals surface area contributed by atoms with E-state index in [0.29, 0.717) is 10.6 Å². The number of para-hydroxylation sites is 1. The van der Waals surface area contributed by atoms with Gasteiger partial charge in [0.15, 0.2) is 0 Å². The van der Waals surface area contributed by atoms with Crippen LogP contribution in [0.4, 0.5) is 5.69 Å². The van der Waals surface area contributed by atoms with Crippen molar-refractivity contribution in [3.05, 3.63) is 74.8 Å². The number of halogens is 1. The third-order valence-corrected chi connectivity index (χ3v) is 3.29. The van der Waals surface area contributed by atoms with E-state index in [9.17, 15) is 19.7 Å². The number of hydrogen-bond acceptors (Lipinski definition) is 5. The molecule has 0 saturated carbocycles. The van der Waals surface area contributed by atoms with Gasteiger partial charge in [0.25, 0.3) is 17.5 Å². The highest BCUT2D eigenvalue weighted by molar-refractivity contribution is 6.30. The van der Waals surface area contributed by atoms with Crippen molar-refractivity contribution in [2.75, 3.05) is 6.54 Å². The Hall–Kier alpha value is -3.26. The predicted molar refractivity (Wildman–Crippen MR) is 92.6 cm³/mol. The van der Waals surface area contributed by atoms with Gasteiger partial charge < -0.3 is 5.32 Å². The fourth-order valence-corrected chi connectivity index (χ4v) is 1.97. The molecule has 2 rings (SSSR count). The average Bonchev–Trinajstić information content (AvgIpc) is 2.60. The van der Waals surface area contributed by atoms with E-state index in [1.807, 2.05) is 0 Å². The molecule has 0 unspecified atom stereocenters. The monoisotopic (exact) mass is 360 g/mol. The van der Waals surface area contributed by atoms with Crippen LogP contribution in [-0.4, -0.2) is 29.5 Å². The van der Waals surface area contributed by atoms with Gasteiger partial charge in [-0.15, -0.1) is 0 Å². The number of hydrogen-bond donors (Lipinski definition) is 2. The van der Waals surface area contributed by atoms with Gasteiger partial charge in [-0.3, -0.25) is 19.7 Å². The molecule has 0 aliphatic heterocycles. The zero-order valence-corrected chi connectivity index (χ0v) is 13.6. The number of nitrogens with one attached hydrogen (secondary N) is 2. The molecule has 0 heterocycles. The smallest absolute Gasteiger partial charge is 0.278 e. The van der Waals surface area contributed by atoms with Crippen molar-refractivity contribution in [3.8, 4) is 0 Å². The number of rotatable bonds is 6. The van der Waals surface area contributed by atoms with Gasteiger partial charge in [0.05, 0.1) is 23.2 Å². The third kappa shape index (κ3) is 5.40. The van der Waals surface area contributed by atoms with E-state index in [2.05, 4.69) is 15.8 Å². The lowest BCUT2D eigenvalue weighted by molar-refractivity contribution is -0.385. The molecule has 0 radical (unpaired) electrons. The fraction of sp³-hybridized carbons (Fsp3) is 0.0625. The molecule has 0 aliphatic carbocycles. The van der Waals surface area contributed by atoms with Crippen LogP contribution in [0.5, 0.6) is 0 Å². The van der Waals surface area contributed by atoms with Crippen molar-refractivity contribution in [2.24, 2.45) is 5.10 Å². The summed E-state index contributed by atoms with van der Waals surface area (Å²) < 4.78 is 0. The van der Waals surface area contributed by atoms with Crippen LogP contribution in [0.15, 0.2) is 53.6 Å². The number of nitro benzene ring substituents is 1. The second-order valence-corrected chi connectivity index (χ2v) is 5.24. The summed E-state index contributed by atoms with van der Waals surface area (Å²) in [7, 11) is 0. The molecule has 2 amide bonds. The molecule has 0 spiro atoms. The highest BCUT2D eigenvalue weighted by Gasteiger charge is 2.10. The van der Waals surface area contributed by atoms with Crippen LogP contribution < -0.4 is 10.7 Å². The van der Waals surface area contributed by atoms with Gasteiger partial charge in [0.2, 0.25) is 0 Å². The van der Waals surface area contributed by atoms with Gasteiger partial charge in [-0.25, -0.2) is 5.43 Å². The molecule has 2 aromatic carbocycles. The highest BCUT2D eigenvalue weighted by atomic mass is 35.5. The molecule has 0 saturated heterocycles. The molecule has 0 aromatic heterocycles. The van der Waals surface area contributed by atoms with Gasteiger partial charge in [-0.05, 0) is 30.3 Å². The normalized spacial score (nSPS) is 10.4. The summed E-state index contributed by atoms with van der Waals surface area (Å²) in [6.07, 6.45) is 1.16. The Morgan fingerprint density at radius 2 is 1.84 bits per heavy atom. The summed E-state index contributed by atoms with van der Waals surface area (Å²) in [5.74, 6) is -1.01. The first-order valence-corrected chi connectivity index (χ1v) is 7.44. The number of carbonyl (C=O) groups excluding carboxylic acids is 2. The van der Waals surface area contributed by atoms with Crippen molar-refractivity contribution < 1.29 is 14.5 Å². The van der Waals surface area contributed by atoms with Crippen molar-refractivity contribution in [1.82, 2.24) is 10.7 Å². The number of nitro groups is 1. The van der Waals surface area contributed by atoms with Crippen LogP contribution in [0.2, 0.25) is 5.02 Å². The molecule has 0 bridgehead atoms. The first-order chi connectivity index (χ1) is 12.0. The quantitative estimate of drug-likeness (QED) is 0.466. The van der Waals surface area contributed by atoms with E-state index in [1.54, 1.807) is 18.2 Å². The van der Waals surface area contributed by atoms with Gasteiger partial charge in [-0.1, -0.05) is 23.7 Å². The summed E-state index contributed by atoms with van der Waals surface area (Å²) in [6.45, 7) is -0.296. The van der Waals surface area contributed by atoms with Crippen LogP contribution in [-0.2, 0) is 4.79 Å². The van der Waals surface area contributed by atoms with Crippen molar-refractivity contribution >= 4 is 35.3 Å². The second kappa shape index (κ2) is 8.55. The van der Waals surface area contributed by atoms with E-state index >= 15 is 0 Å². The fourth-order valence-electron chi connectivity index (χ4n) is 1.84. The van der Waals surface area contributed by atoms with Crippen LogP contribution >= 0.6 is 11.6 Å². The van der Waals surface area contributed by atoms with Crippen LogP contribution in [0.1, 0.15) is 15.9 Å². The maximum atomic E-state index is 11.8. The molecule has 25 heavy (non-hydrogen) atoms. The highest BCUT2D eigenvalue weighted by Crippen LogP contribution is 2.15. The Bertz CT molecular complexity index is 821. The Balaban J connectivity index is 1.86. The molecule has 0 fully saturated rings. The van der Waals surface area contributed by atoms with E-state index in [4.69, 9.17) is 11.6 Å². The number of benzene rings is 2. The van der Waals surface area contributed by atoms with Crippen molar-refractivity contribution in [2.45, 2.75) is 0 Å². The lowest BCUT2D eigenvalue weighted by atomic mass is 10.2. The Labute approximate surface area is 147 Å². The topological polar surface area (TPSA) is 114 Å². The van der Waals surface area contributed by atoms with Gasteiger partial charge in [0.1, 0.15) is 0 Å². The first-order valence-electron chi connectivity index (χ1n) is 7.06. The summed E-state index contributed by atoms with van der Waals surface area (Å²) in [5, 5.41) is 17.4. The van der Waals surface area contributed by atoms with E-state index in [-0.39, 0.29) is 17.8 Å². The summed E-state index contributed by atoms with van der Waals surface area (Å²) >= 11 is 5.73. The number of amides is 2. The zero-order chi connectivity index (χ0) is 18.2. The molecule has 128 valence electrons. The van der Waals surface area contributed by atoms with E-state index in [0.717, 1.165) is 6.21 Å². The standard InChI is InChI=1S/C16H13ClN4O4/c17-13-7-5-11(6-8-13)16(23)18-10-15(22)20-19-9-12-3-1-2-4-14(12)21(24)25/h1-9H,10H2,(H,18,23)(H,20,22)/b19-9-. The third-order valence-electron chi connectivity index (χ3n) is 3.04. The SMILES string of the molecule is O=C(CNC(=O)c1ccc(Cl)cc1)N/N=C\c1ccccc1[N+](=O)[O-]. The minimum absolute atomic E-state index is 0.128. The molecule has 8 nitrogen and oxygen atoms in total. The van der Waals surface area contributed by atoms with E-state index in [1.165, 1.54) is 30.3 Å². The molecule has 2 aromatic rings. The predicted octanol–water partition coefficient (Wildman–Crippen LogP) is 2.13. The lowest BCUT2D eigenvalue weighted by Crippen LogP contribution is -2.34. The Morgan fingerprint density at radius 3 is 2.52 bits per heavy atom. The lowest BCUT2D eigenvalue weighted by Gasteiger charge is -2.04.